The summed E-state index contributed by atoms with van der Waals surface area (Å²) in [7, 11) is 0. The lowest BCUT2D eigenvalue weighted by Gasteiger charge is -1.98. The number of ketones is 1. The van der Waals surface area contributed by atoms with Crippen LogP contribution in [0.3, 0.4) is 0 Å². The molecule has 0 spiro atoms. The molecule has 0 aromatic heterocycles. The fraction of sp³-hybridized carbons (Fsp3) is 0.143. The minimum Gasteiger partial charge on any atom is -0.477 e. The van der Waals surface area contributed by atoms with Crippen LogP contribution in [0.2, 0.25) is 0 Å². The van der Waals surface area contributed by atoms with Gasteiger partial charge in [0.05, 0.1) is 4.91 Å². The molecule has 11 heavy (non-hydrogen) atoms. The molecule has 0 saturated heterocycles. The van der Waals surface area contributed by atoms with E-state index in [-0.39, 0.29) is 15.6 Å². The van der Waals surface area contributed by atoms with E-state index in [1.54, 1.807) is 0 Å². The Morgan fingerprint density at radius 2 is 1.73 bits per heavy atom. The van der Waals surface area contributed by atoms with Crippen molar-refractivity contribution in [3.05, 3.63) is 23.0 Å². The van der Waals surface area contributed by atoms with Crippen molar-refractivity contribution in [2.24, 2.45) is 0 Å². The fourth-order valence-corrected chi connectivity index (χ4v) is 0.793. The summed E-state index contributed by atoms with van der Waals surface area (Å²) < 4.78 is 0. The van der Waals surface area contributed by atoms with Crippen molar-refractivity contribution < 1.29 is 14.7 Å². The summed E-state index contributed by atoms with van der Waals surface area (Å²) in [6.07, 6.45) is 0. The molecule has 0 aliphatic carbocycles. The number of aliphatic carboxylic acids is 1. The number of Topliss-reactive ketones (excluding diaryl/α,β-unsaturated/α-hetero) is 1. The first-order valence-corrected chi connectivity index (χ1v) is 3.56. The molecule has 60 valence electrons. The van der Waals surface area contributed by atoms with Crippen LogP contribution in [0, 0.1) is 0 Å². The van der Waals surface area contributed by atoms with Crippen LogP contribution in [0.25, 0.3) is 0 Å². The molecule has 3 nitrogen and oxygen atoms in total. The average molecular weight is 172 g/mol. The second-order valence-corrected chi connectivity index (χ2v) is 3.00. The van der Waals surface area contributed by atoms with Crippen LogP contribution >= 0.6 is 11.8 Å². The Bertz CT molecular complexity index is 206. The molecule has 0 bridgehead atoms. The molecule has 0 aliphatic heterocycles. The number of carbonyl (C=O) groups is 2. The van der Waals surface area contributed by atoms with Gasteiger partial charge in [0.2, 0.25) is 0 Å². The van der Waals surface area contributed by atoms with Crippen LogP contribution < -0.4 is 0 Å². The third-order valence-electron chi connectivity index (χ3n) is 0.878. The van der Waals surface area contributed by atoms with E-state index >= 15 is 0 Å². The first kappa shape index (κ1) is 9.97. The largest absolute Gasteiger partial charge is 0.477 e. The van der Waals surface area contributed by atoms with Crippen LogP contribution in [0.5, 0.6) is 0 Å². The third kappa shape index (κ3) is 3.62. The lowest BCUT2D eigenvalue weighted by molar-refractivity contribution is -0.131. The molecule has 0 radical (unpaired) electrons. The molecule has 1 N–H and O–H groups in total. The van der Waals surface area contributed by atoms with Crippen LogP contribution in [0.1, 0.15) is 6.92 Å². The minimum atomic E-state index is -1.13. The van der Waals surface area contributed by atoms with E-state index in [2.05, 4.69) is 13.2 Å². The highest BCUT2D eigenvalue weighted by Crippen LogP contribution is 2.22. The summed E-state index contributed by atoms with van der Waals surface area (Å²) in [4.78, 5) is 20.8. The summed E-state index contributed by atoms with van der Waals surface area (Å²) in [5.74, 6) is -1.37. The van der Waals surface area contributed by atoms with Crippen molar-refractivity contribution in [2.75, 3.05) is 0 Å². The molecular weight excluding hydrogens is 164 g/mol. The van der Waals surface area contributed by atoms with Crippen molar-refractivity contribution in [2.45, 2.75) is 6.92 Å². The average Bonchev–Trinajstić information content (AvgIpc) is 1.87. The Kier molecular flexibility index (Phi) is 3.60. The maximum absolute atomic E-state index is 10.5. The predicted octanol–water partition coefficient (Wildman–Crippen LogP) is 1.42. The Hall–Kier alpha value is -1.03. The van der Waals surface area contributed by atoms with E-state index in [0.29, 0.717) is 0 Å². The number of carboxylic acids is 1. The zero-order valence-electron chi connectivity index (χ0n) is 6.09. The normalized spacial score (nSPS) is 8.82. The monoisotopic (exact) mass is 172 g/mol. The maximum atomic E-state index is 10.5. The molecule has 0 fully saturated rings. The van der Waals surface area contributed by atoms with Crippen molar-refractivity contribution in [3.8, 4) is 0 Å². The van der Waals surface area contributed by atoms with Gasteiger partial charge in [0.1, 0.15) is 0 Å². The van der Waals surface area contributed by atoms with Gasteiger partial charge >= 0.3 is 5.97 Å². The molecule has 0 aromatic rings. The summed E-state index contributed by atoms with van der Waals surface area (Å²) in [5.41, 5.74) is 0. The first-order chi connectivity index (χ1) is 4.95. The number of allylic oxidation sites excluding steroid dienone is 1. The topological polar surface area (TPSA) is 54.4 Å². The van der Waals surface area contributed by atoms with Crippen LogP contribution in [-0.4, -0.2) is 16.9 Å². The van der Waals surface area contributed by atoms with Gasteiger partial charge in [-0.1, -0.05) is 24.9 Å². The Morgan fingerprint density at radius 3 is 2.00 bits per heavy atom. The van der Waals surface area contributed by atoms with Gasteiger partial charge in [-0.3, -0.25) is 4.79 Å². The molecule has 4 heteroatoms. The van der Waals surface area contributed by atoms with E-state index in [1.807, 2.05) is 0 Å². The minimum absolute atomic E-state index is 0.0924. The van der Waals surface area contributed by atoms with Gasteiger partial charge in [0.15, 0.2) is 5.78 Å². The summed E-state index contributed by atoms with van der Waals surface area (Å²) >= 11 is 0.778. The Morgan fingerprint density at radius 1 is 1.27 bits per heavy atom. The van der Waals surface area contributed by atoms with Gasteiger partial charge in [0, 0.05) is 4.91 Å². The lowest BCUT2D eigenvalue weighted by Crippen LogP contribution is -1.98. The highest BCUT2D eigenvalue weighted by molar-refractivity contribution is 8.08. The molecule has 0 rings (SSSR count). The zero-order chi connectivity index (χ0) is 9.02. The molecule has 0 saturated carbocycles. The number of carboxylic acid groups (broad SMARTS) is 1. The highest BCUT2D eigenvalue weighted by Gasteiger charge is 2.09. The molecule has 0 aromatic carbocycles. The van der Waals surface area contributed by atoms with Crippen LogP contribution in [0.15, 0.2) is 23.0 Å². The van der Waals surface area contributed by atoms with E-state index in [0.717, 1.165) is 11.8 Å². The lowest BCUT2D eigenvalue weighted by atomic mass is 10.4. The maximum Gasteiger partial charge on any atom is 0.341 e. The van der Waals surface area contributed by atoms with Gasteiger partial charge in [-0.05, 0) is 6.92 Å². The second kappa shape index (κ2) is 3.98. The Labute approximate surface area is 68.8 Å². The molecule has 0 heterocycles. The van der Waals surface area contributed by atoms with E-state index < -0.39 is 5.97 Å². The van der Waals surface area contributed by atoms with Crippen molar-refractivity contribution in [1.29, 1.82) is 0 Å². The number of thioether (sulfide) groups is 1. The Balaban J connectivity index is 4.07. The molecule has 0 atom stereocenters. The standard InChI is InChI=1S/C7H8O3S/c1-4(8)5(2)11-6(3)7(9)10/h2-3H2,1H3,(H,9,10). The molecule has 0 unspecified atom stereocenters. The van der Waals surface area contributed by atoms with Crippen molar-refractivity contribution in [3.63, 3.8) is 0 Å². The number of rotatable bonds is 4. The first-order valence-electron chi connectivity index (χ1n) is 2.75. The van der Waals surface area contributed by atoms with Gasteiger partial charge in [-0.2, -0.15) is 0 Å². The van der Waals surface area contributed by atoms with Gasteiger partial charge in [-0.25, -0.2) is 4.79 Å². The summed E-state index contributed by atoms with van der Waals surface area (Å²) in [6.45, 7) is 7.92. The predicted molar refractivity (Wildman–Crippen MR) is 44.2 cm³/mol. The molecule has 0 amide bonds. The summed E-state index contributed by atoms with van der Waals surface area (Å²) in [5, 5.41) is 8.34. The number of carbonyl (C=O) groups excluding carboxylic acids is 1. The molecular formula is C7H8O3S. The van der Waals surface area contributed by atoms with Gasteiger partial charge in [0.25, 0.3) is 0 Å². The highest BCUT2D eigenvalue weighted by atomic mass is 32.2. The molecule has 0 aliphatic rings. The summed E-state index contributed by atoms with van der Waals surface area (Å²) in [6, 6.07) is 0. The number of hydrogen-bond acceptors (Lipinski definition) is 3. The third-order valence-corrected chi connectivity index (χ3v) is 1.83. The van der Waals surface area contributed by atoms with Gasteiger partial charge < -0.3 is 5.11 Å². The van der Waals surface area contributed by atoms with Crippen molar-refractivity contribution in [1.82, 2.24) is 0 Å². The van der Waals surface area contributed by atoms with E-state index in [9.17, 15) is 9.59 Å². The quantitative estimate of drug-likeness (QED) is 0.651. The fourth-order valence-electron chi connectivity index (χ4n) is 0.264. The van der Waals surface area contributed by atoms with Crippen molar-refractivity contribution >= 4 is 23.5 Å². The van der Waals surface area contributed by atoms with E-state index in [1.165, 1.54) is 6.92 Å². The second-order valence-electron chi connectivity index (χ2n) is 1.81. The van der Waals surface area contributed by atoms with E-state index in [4.69, 9.17) is 5.11 Å². The SMILES string of the molecule is C=C(SC(=C)C(=O)O)C(C)=O. The van der Waals surface area contributed by atoms with Crippen LogP contribution in [0.4, 0.5) is 0 Å². The van der Waals surface area contributed by atoms with Gasteiger partial charge in [-0.15, -0.1) is 0 Å². The smallest absolute Gasteiger partial charge is 0.341 e. The van der Waals surface area contributed by atoms with Crippen LogP contribution in [-0.2, 0) is 9.59 Å². The zero-order valence-corrected chi connectivity index (χ0v) is 6.90. The number of hydrogen-bond donors (Lipinski definition) is 1.